The van der Waals surface area contributed by atoms with E-state index >= 15 is 0 Å². The van der Waals surface area contributed by atoms with Gasteiger partial charge < -0.3 is 10.1 Å². The summed E-state index contributed by atoms with van der Waals surface area (Å²) in [7, 11) is 0. The second-order valence-corrected chi connectivity index (χ2v) is 6.08. The Morgan fingerprint density at radius 2 is 1.68 bits per heavy atom. The van der Waals surface area contributed by atoms with E-state index in [2.05, 4.69) is 17.4 Å². The fourth-order valence-electron chi connectivity index (χ4n) is 2.52. The summed E-state index contributed by atoms with van der Waals surface area (Å²) in [5.41, 5.74) is 3.06. The fraction of sp³-hybridized carbons (Fsp3) is 0.143. The van der Waals surface area contributed by atoms with Crippen molar-refractivity contribution in [2.24, 2.45) is 0 Å². The molecule has 3 rings (SSSR count). The van der Waals surface area contributed by atoms with Crippen LogP contribution in [0.3, 0.4) is 0 Å². The summed E-state index contributed by atoms with van der Waals surface area (Å²) < 4.78 is 19.2. The number of ether oxygens (including phenoxy) is 1. The van der Waals surface area contributed by atoms with Crippen molar-refractivity contribution in [3.05, 3.63) is 94.8 Å². The maximum Gasteiger partial charge on any atom is 0.141 e. The Morgan fingerprint density at radius 1 is 0.920 bits per heavy atom. The molecule has 1 N–H and O–H groups in total. The van der Waals surface area contributed by atoms with Gasteiger partial charge in [0.2, 0.25) is 0 Å². The van der Waals surface area contributed by atoms with E-state index in [1.54, 1.807) is 12.1 Å². The first kappa shape index (κ1) is 17.3. The van der Waals surface area contributed by atoms with E-state index in [9.17, 15) is 4.39 Å². The monoisotopic (exact) mass is 355 g/mol. The molecule has 2 nitrogen and oxygen atoms in total. The Morgan fingerprint density at radius 3 is 2.48 bits per heavy atom. The van der Waals surface area contributed by atoms with Gasteiger partial charge in [-0.15, -0.1) is 0 Å². The Hall–Kier alpha value is -2.52. The average molecular weight is 356 g/mol. The lowest BCUT2D eigenvalue weighted by Gasteiger charge is -2.13. The van der Waals surface area contributed by atoms with Crippen molar-refractivity contribution in [2.45, 2.75) is 13.0 Å². The predicted octanol–water partition coefficient (Wildman–Crippen LogP) is 5.71. The summed E-state index contributed by atoms with van der Waals surface area (Å²) in [6.45, 7) is 1.19. The smallest absolute Gasteiger partial charge is 0.141 e. The van der Waals surface area contributed by atoms with Gasteiger partial charge >= 0.3 is 0 Å². The van der Waals surface area contributed by atoms with Gasteiger partial charge in [0, 0.05) is 24.2 Å². The number of benzene rings is 3. The topological polar surface area (TPSA) is 21.3 Å². The Kier molecular flexibility index (Phi) is 5.91. The molecule has 0 fully saturated rings. The molecule has 3 aromatic rings. The maximum absolute atomic E-state index is 13.2. The molecule has 0 saturated heterocycles. The molecule has 0 radical (unpaired) electrons. The van der Waals surface area contributed by atoms with Gasteiger partial charge in [-0.25, -0.2) is 4.39 Å². The molecule has 3 aromatic carbocycles. The van der Waals surface area contributed by atoms with Gasteiger partial charge in [0.15, 0.2) is 0 Å². The van der Waals surface area contributed by atoms with Crippen LogP contribution < -0.4 is 10.1 Å². The summed E-state index contributed by atoms with van der Waals surface area (Å²) in [6.07, 6.45) is 0.857. The molecular formula is C21H19ClFNO. The van der Waals surface area contributed by atoms with Crippen molar-refractivity contribution in [1.82, 2.24) is 0 Å². The molecule has 0 aliphatic carbocycles. The first-order valence-electron chi connectivity index (χ1n) is 8.16. The molecular weight excluding hydrogens is 337 g/mol. The Balaban J connectivity index is 1.59. The van der Waals surface area contributed by atoms with E-state index in [0.29, 0.717) is 13.2 Å². The molecule has 25 heavy (non-hydrogen) atoms. The molecule has 4 heteroatoms. The van der Waals surface area contributed by atoms with Crippen molar-refractivity contribution in [3.63, 3.8) is 0 Å². The van der Waals surface area contributed by atoms with Crippen LogP contribution in [-0.4, -0.2) is 6.61 Å². The summed E-state index contributed by atoms with van der Waals surface area (Å²) in [4.78, 5) is 0. The average Bonchev–Trinajstić information content (AvgIpc) is 2.64. The van der Waals surface area contributed by atoms with Gasteiger partial charge in [-0.1, -0.05) is 60.1 Å². The highest BCUT2D eigenvalue weighted by Gasteiger charge is 2.05. The zero-order chi connectivity index (χ0) is 17.5. The number of nitrogens with one attached hydrogen (secondary N) is 1. The third kappa shape index (κ3) is 4.97. The fourth-order valence-corrected chi connectivity index (χ4v) is 2.70. The lowest BCUT2D eigenvalue weighted by atomic mass is 10.1. The van der Waals surface area contributed by atoms with E-state index in [1.165, 1.54) is 11.6 Å². The van der Waals surface area contributed by atoms with Gasteiger partial charge in [0.25, 0.3) is 0 Å². The van der Waals surface area contributed by atoms with Crippen molar-refractivity contribution in [2.75, 3.05) is 11.9 Å². The largest absolute Gasteiger partial charge is 0.493 e. The first-order chi connectivity index (χ1) is 12.2. The Bertz CT molecular complexity index is 823. The SMILES string of the molecule is Fc1ccc(NCc2ccccc2OCCc2ccccc2)cc1Cl. The number of hydrogen-bond donors (Lipinski definition) is 1. The standard InChI is InChI=1S/C21H19ClFNO/c22-19-14-18(10-11-20(19)23)24-15-17-8-4-5-9-21(17)25-13-12-16-6-2-1-3-7-16/h1-11,14,24H,12-13,15H2. The van der Waals surface area contributed by atoms with Gasteiger partial charge in [-0.3, -0.25) is 0 Å². The third-order valence-corrected chi connectivity index (χ3v) is 4.16. The maximum atomic E-state index is 13.2. The van der Waals surface area contributed by atoms with Crippen LogP contribution in [0.5, 0.6) is 5.75 Å². The predicted molar refractivity (Wildman–Crippen MR) is 101 cm³/mol. The summed E-state index contributed by atoms with van der Waals surface area (Å²) in [6, 6.07) is 22.7. The van der Waals surface area contributed by atoms with Crippen LogP contribution in [0.15, 0.2) is 72.8 Å². The number of anilines is 1. The normalized spacial score (nSPS) is 10.5. The molecule has 0 bridgehead atoms. The van der Waals surface area contributed by atoms with Crippen LogP contribution in [0.2, 0.25) is 5.02 Å². The zero-order valence-electron chi connectivity index (χ0n) is 13.7. The minimum atomic E-state index is -0.420. The van der Waals surface area contributed by atoms with Crippen molar-refractivity contribution < 1.29 is 9.13 Å². The molecule has 0 spiro atoms. The van der Waals surface area contributed by atoms with Crippen LogP contribution in [0, 0.1) is 5.82 Å². The first-order valence-corrected chi connectivity index (χ1v) is 8.54. The highest BCUT2D eigenvalue weighted by atomic mass is 35.5. The molecule has 0 heterocycles. The van der Waals surface area contributed by atoms with Crippen molar-refractivity contribution in [1.29, 1.82) is 0 Å². The van der Waals surface area contributed by atoms with Gasteiger partial charge in [-0.05, 0) is 29.8 Å². The molecule has 0 saturated carbocycles. The quantitative estimate of drug-likeness (QED) is 0.585. The van der Waals surface area contributed by atoms with E-state index < -0.39 is 5.82 Å². The van der Waals surface area contributed by atoms with E-state index in [-0.39, 0.29) is 5.02 Å². The van der Waals surface area contributed by atoms with Crippen LogP contribution in [-0.2, 0) is 13.0 Å². The zero-order valence-corrected chi connectivity index (χ0v) is 14.5. The minimum Gasteiger partial charge on any atom is -0.493 e. The highest BCUT2D eigenvalue weighted by Crippen LogP contribution is 2.22. The minimum absolute atomic E-state index is 0.109. The lowest BCUT2D eigenvalue weighted by Crippen LogP contribution is -2.06. The third-order valence-electron chi connectivity index (χ3n) is 3.87. The van der Waals surface area contributed by atoms with E-state index in [0.717, 1.165) is 23.4 Å². The molecule has 0 aromatic heterocycles. The number of hydrogen-bond acceptors (Lipinski definition) is 2. The van der Waals surface area contributed by atoms with Crippen LogP contribution in [0.1, 0.15) is 11.1 Å². The number of para-hydroxylation sites is 1. The second kappa shape index (κ2) is 8.54. The van der Waals surface area contributed by atoms with Crippen molar-refractivity contribution >= 4 is 17.3 Å². The van der Waals surface area contributed by atoms with Crippen LogP contribution >= 0.6 is 11.6 Å². The van der Waals surface area contributed by atoms with Gasteiger partial charge in [-0.2, -0.15) is 0 Å². The molecule has 0 unspecified atom stereocenters. The highest BCUT2D eigenvalue weighted by molar-refractivity contribution is 6.31. The summed E-state index contributed by atoms with van der Waals surface area (Å²) in [5.74, 6) is 0.427. The summed E-state index contributed by atoms with van der Waals surface area (Å²) in [5, 5.41) is 3.36. The number of halogens is 2. The Labute approximate surface area is 152 Å². The lowest BCUT2D eigenvalue weighted by molar-refractivity contribution is 0.319. The summed E-state index contributed by atoms with van der Waals surface area (Å²) >= 11 is 5.81. The van der Waals surface area contributed by atoms with E-state index in [1.807, 2.05) is 42.5 Å². The van der Waals surface area contributed by atoms with Crippen LogP contribution in [0.25, 0.3) is 0 Å². The van der Waals surface area contributed by atoms with E-state index in [4.69, 9.17) is 16.3 Å². The van der Waals surface area contributed by atoms with Crippen molar-refractivity contribution in [3.8, 4) is 5.75 Å². The molecule has 128 valence electrons. The van der Waals surface area contributed by atoms with Gasteiger partial charge in [0.05, 0.1) is 11.6 Å². The second-order valence-electron chi connectivity index (χ2n) is 5.67. The molecule has 0 aliphatic heterocycles. The molecule has 0 atom stereocenters. The molecule has 0 amide bonds. The molecule has 0 aliphatic rings. The number of rotatable bonds is 7. The van der Waals surface area contributed by atoms with Gasteiger partial charge in [0.1, 0.15) is 11.6 Å². The van der Waals surface area contributed by atoms with Crippen LogP contribution in [0.4, 0.5) is 10.1 Å².